The molecule has 0 aromatic heterocycles. The molecule has 3 rings (SSSR count). The second-order valence-corrected chi connectivity index (χ2v) is 10.2. The van der Waals surface area contributed by atoms with Crippen molar-refractivity contribution in [2.75, 3.05) is 0 Å². The molecule has 4 heteroatoms. The molecule has 30 heavy (non-hydrogen) atoms. The van der Waals surface area contributed by atoms with E-state index >= 15 is 0 Å². The zero-order valence-corrected chi connectivity index (χ0v) is 19.6. The molecule has 2 N–H and O–H groups in total. The fourth-order valence-corrected chi connectivity index (χ4v) is 4.96. The molecule has 1 heterocycles. The molecule has 1 aliphatic heterocycles. The minimum Gasteiger partial charge on any atom is -0.487 e. The number of hydrogen-bond acceptors (Lipinski definition) is 4. The van der Waals surface area contributed by atoms with E-state index in [2.05, 4.69) is 53.7 Å². The van der Waals surface area contributed by atoms with E-state index in [0.717, 1.165) is 49.0 Å². The largest absolute Gasteiger partial charge is 0.487 e. The first-order valence-electron chi connectivity index (χ1n) is 11.6. The standard InChI is InChI=1S/C26H39NO3/c1-7-8-9-18-14-22(29-25(28)21(27)12-16(2)3)24-19-13-17(4)10-11-20(19)26(5,6)30-23(24)15-18/h13-16,19-21H,7-12,27H2,1-6H3/t19?,20?,21-/m0/s1. The summed E-state index contributed by atoms with van der Waals surface area (Å²) in [4.78, 5) is 12.8. The fraction of sp³-hybridized carbons (Fsp3) is 0.654. The molecule has 1 aliphatic carbocycles. The molecule has 3 atom stereocenters. The van der Waals surface area contributed by atoms with Gasteiger partial charge in [0.2, 0.25) is 0 Å². The van der Waals surface area contributed by atoms with Crippen molar-refractivity contribution in [2.45, 2.75) is 97.6 Å². The van der Waals surface area contributed by atoms with Crippen molar-refractivity contribution >= 4 is 5.97 Å². The highest BCUT2D eigenvalue weighted by atomic mass is 16.5. The zero-order valence-electron chi connectivity index (χ0n) is 19.6. The molecule has 2 unspecified atom stereocenters. The second kappa shape index (κ2) is 9.13. The van der Waals surface area contributed by atoms with Crippen LogP contribution in [0.2, 0.25) is 0 Å². The van der Waals surface area contributed by atoms with Gasteiger partial charge in [-0.15, -0.1) is 0 Å². The lowest BCUT2D eigenvalue weighted by atomic mass is 9.68. The summed E-state index contributed by atoms with van der Waals surface area (Å²) >= 11 is 0. The Morgan fingerprint density at radius 1 is 1.33 bits per heavy atom. The summed E-state index contributed by atoms with van der Waals surface area (Å²) in [6, 6.07) is 3.59. The van der Waals surface area contributed by atoms with Crippen LogP contribution < -0.4 is 15.2 Å². The number of allylic oxidation sites excluding steroid dienone is 2. The van der Waals surface area contributed by atoms with Crippen LogP contribution in [0.4, 0.5) is 0 Å². The number of carbonyl (C=O) groups is 1. The quantitative estimate of drug-likeness (QED) is 0.342. The Morgan fingerprint density at radius 2 is 2.07 bits per heavy atom. The topological polar surface area (TPSA) is 61.5 Å². The van der Waals surface area contributed by atoms with Gasteiger partial charge in [-0.05, 0) is 76.5 Å². The van der Waals surface area contributed by atoms with Gasteiger partial charge in [-0.25, -0.2) is 4.79 Å². The summed E-state index contributed by atoms with van der Waals surface area (Å²) in [7, 11) is 0. The molecule has 1 aromatic carbocycles. The first-order valence-corrected chi connectivity index (χ1v) is 11.6. The van der Waals surface area contributed by atoms with Crippen molar-refractivity contribution in [1.29, 1.82) is 0 Å². The van der Waals surface area contributed by atoms with Crippen LogP contribution in [0.15, 0.2) is 23.8 Å². The first kappa shape index (κ1) is 22.9. The average Bonchev–Trinajstić information content (AvgIpc) is 2.64. The van der Waals surface area contributed by atoms with E-state index in [1.54, 1.807) is 0 Å². The van der Waals surface area contributed by atoms with Crippen molar-refractivity contribution in [3.63, 3.8) is 0 Å². The van der Waals surface area contributed by atoms with Crippen LogP contribution in [0.5, 0.6) is 11.5 Å². The van der Waals surface area contributed by atoms with Crippen molar-refractivity contribution < 1.29 is 14.3 Å². The van der Waals surface area contributed by atoms with Crippen LogP contribution in [0, 0.1) is 11.8 Å². The number of aryl methyl sites for hydroxylation is 1. The highest BCUT2D eigenvalue weighted by Gasteiger charge is 2.45. The Morgan fingerprint density at radius 3 is 2.73 bits per heavy atom. The molecule has 2 aliphatic rings. The van der Waals surface area contributed by atoms with Crippen LogP contribution in [-0.4, -0.2) is 17.6 Å². The van der Waals surface area contributed by atoms with Crippen LogP contribution in [0.1, 0.15) is 90.7 Å². The van der Waals surface area contributed by atoms with Crippen LogP contribution >= 0.6 is 0 Å². The molecular weight excluding hydrogens is 374 g/mol. The summed E-state index contributed by atoms with van der Waals surface area (Å²) in [6.07, 6.45) is 8.29. The van der Waals surface area contributed by atoms with E-state index in [1.807, 2.05) is 6.07 Å². The Kier molecular flexibility index (Phi) is 6.96. The van der Waals surface area contributed by atoms with E-state index in [1.165, 1.54) is 5.57 Å². The predicted molar refractivity (Wildman–Crippen MR) is 122 cm³/mol. The van der Waals surface area contributed by atoms with Crippen molar-refractivity contribution in [1.82, 2.24) is 0 Å². The van der Waals surface area contributed by atoms with E-state index in [-0.39, 0.29) is 17.5 Å². The van der Waals surface area contributed by atoms with Gasteiger partial charge in [0.25, 0.3) is 0 Å². The normalized spacial score (nSPS) is 23.1. The van der Waals surface area contributed by atoms with Crippen LogP contribution in [-0.2, 0) is 11.2 Å². The minimum absolute atomic E-state index is 0.196. The highest BCUT2D eigenvalue weighted by Crippen LogP contribution is 2.53. The molecular formula is C26H39NO3. The lowest BCUT2D eigenvalue weighted by molar-refractivity contribution is -0.136. The summed E-state index contributed by atoms with van der Waals surface area (Å²) in [5.74, 6) is 2.05. The van der Waals surface area contributed by atoms with Gasteiger partial charge < -0.3 is 15.2 Å². The molecule has 0 fully saturated rings. The number of benzene rings is 1. The summed E-state index contributed by atoms with van der Waals surface area (Å²) in [6.45, 7) is 12.9. The number of ether oxygens (including phenoxy) is 2. The molecule has 0 amide bonds. The fourth-order valence-electron chi connectivity index (χ4n) is 4.96. The average molecular weight is 414 g/mol. The Hall–Kier alpha value is -1.81. The van der Waals surface area contributed by atoms with Crippen LogP contribution in [0.25, 0.3) is 0 Å². The van der Waals surface area contributed by atoms with E-state index in [0.29, 0.717) is 24.0 Å². The number of carbonyl (C=O) groups excluding carboxylic acids is 1. The van der Waals surface area contributed by atoms with Gasteiger partial charge >= 0.3 is 5.97 Å². The molecule has 0 bridgehead atoms. The molecule has 0 spiro atoms. The van der Waals surface area contributed by atoms with Gasteiger partial charge in [0.15, 0.2) is 0 Å². The van der Waals surface area contributed by atoms with Gasteiger partial charge in [0.1, 0.15) is 23.1 Å². The first-order chi connectivity index (χ1) is 14.1. The van der Waals surface area contributed by atoms with Gasteiger partial charge in [-0.3, -0.25) is 0 Å². The van der Waals surface area contributed by atoms with Crippen molar-refractivity contribution in [3.8, 4) is 11.5 Å². The molecule has 1 aromatic rings. The molecule has 166 valence electrons. The highest BCUT2D eigenvalue weighted by molar-refractivity contribution is 5.79. The number of hydrogen-bond donors (Lipinski definition) is 1. The summed E-state index contributed by atoms with van der Waals surface area (Å²) in [5, 5.41) is 0. The zero-order chi connectivity index (χ0) is 22.1. The lowest BCUT2D eigenvalue weighted by Crippen LogP contribution is -2.45. The third-order valence-electron chi connectivity index (χ3n) is 6.57. The van der Waals surface area contributed by atoms with Gasteiger partial charge in [0.05, 0.1) is 0 Å². The second-order valence-electron chi connectivity index (χ2n) is 10.2. The number of fused-ring (bicyclic) bond motifs is 3. The lowest BCUT2D eigenvalue weighted by Gasteiger charge is -2.46. The van der Waals surface area contributed by atoms with E-state index < -0.39 is 6.04 Å². The van der Waals surface area contributed by atoms with E-state index in [9.17, 15) is 4.79 Å². The van der Waals surface area contributed by atoms with Crippen molar-refractivity contribution in [3.05, 3.63) is 34.9 Å². The van der Waals surface area contributed by atoms with Gasteiger partial charge in [-0.1, -0.05) is 38.8 Å². The number of rotatable bonds is 7. The molecule has 0 saturated heterocycles. The number of nitrogens with two attached hydrogens (primary N) is 1. The number of unbranched alkanes of at least 4 members (excludes halogenated alkanes) is 1. The summed E-state index contributed by atoms with van der Waals surface area (Å²) in [5.41, 5.74) is 9.45. The van der Waals surface area contributed by atoms with E-state index in [4.69, 9.17) is 15.2 Å². The number of esters is 1. The maximum Gasteiger partial charge on any atom is 0.328 e. The third kappa shape index (κ3) is 4.91. The third-order valence-corrected chi connectivity index (χ3v) is 6.57. The van der Waals surface area contributed by atoms with Crippen LogP contribution in [0.3, 0.4) is 0 Å². The Bertz CT molecular complexity index is 809. The van der Waals surface area contributed by atoms with Gasteiger partial charge in [-0.2, -0.15) is 0 Å². The van der Waals surface area contributed by atoms with Gasteiger partial charge in [0, 0.05) is 17.4 Å². The maximum atomic E-state index is 12.8. The molecule has 4 nitrogen and oxygen atoms in total. The smallest absolute Gasteiger partial charge is 0.328 e. The Labute approximate surface area is 182 Å². The molecule has 0 radical (unpaired) electrons. The SMILES string of the molecule is CCCCc1cc(OC(=O)[C@@H](N)CC(C)C)c2c(c1)OC(C)(C)C1CCC(C)=CC21. The monoisotopic (exact) mass is 413 g/mol. The molecule has 0 saturated carbocycles. The predicted octanol–water partition coefficient (Wildman–Crippen LogP) is 5.92. The Balaban J connectivity index is 2.05. The maximum absolute atomic E-state index is 12.8. The summed E-state index contributed by atoms with van der Waals surface area (Å²) < 4.78 is 12.5. The minimum atomic E-state index is -0.611. The van der Waals surface area contributed by atoms with Crippen molar-refractivity contribution in [2.24, 2.45) is 17.6 Å².